The summed E-state index contributed by atoms with van der Waals surface area (Å²) in [5.41, 5.74) is 4.53. The largest absolute Gasteiger partial charge is 0.386 e. The van der Waals surface area contributed by atoms with Crippen molar-refractivity contribution < 1.29 is 14.6 Å². The fraction of sp³-hybridized carbons (Fsp3) is 0.765. The van der Waals surface area contributed by atoms with Gasteiger partial charge in [-0.1, -0.05) is 20.8 Å². The van der Waals surface area contributed by atoms with E-state index in [-0.39, 0.29) is 17.3 Å². The molecule has 0 bridgehead atoms. The number of aliphatic hydroxyl groups is 1. The highest BCUT2D eigenvalue weighted by atomic mass is 16.6. The Kier molecular flexibility index (Phi) is 5.09. The molecule has 24 heavy (non-hydrogen) atoms. The van der Waals surface area contributed by atoms with E-state index >= 15 is 0 Å². The van der Waals surface area contributed by atoms with Crippen LogP contribution >= 0.6 is 0 Å². The van der Waals surface area contributed by atoms with Gasteiger partial charge in [0.15, 0.2) is 6.23 Å². The van der Waals surface area contributed by atoms with Crippen LogP contribution in [0.5, 0.6) is 0 Å². The Morgan fingerprint density at radius 2 is 1.96 bits per heavy atom. The van der Waals surface area contributed by atoms with Crippen LogP contribution in [0.1, 0.15) is 54.2 Å². The lowest BCUT2D eigenvalue weighted by atomic mass is 9.87. The molecule has 4 atom stereocenters. The van der Waals surface area contributed by atoms with Crippen LogP contribution in [-0.4, -0.2) is 38.6 Å². The van der Waals surface area contributed by atoms with E-state index in [0.717, 1.165) is 0 Å². The van der Waals surface area contributed by atoms with Crippen molar-refractivity contribution in [2.75, 3.05) is 5.73 Å². The van der Waals surface area contributed by atoms with Gasteiger partial charge in [0, 0.05) is 6.20 Å². The van der Waals surface area contributed by atoms with Crippen molar-refractivity contribution in [3.63, 3.8) is 0 Å². The van der Waals surface area contributed by atoms with Gasteiger partial charge in [0.1, 0.15) is 18.0 Å². The van der Waals surface area contributed by atoms with Gasteiger partial charge in [0.2, 0.25) is 0 Å². The van der Waals surface area contributed by atoms with Crippen molar-refractivity contribution in [2.45, 2.75) is 78.1 Å². The van der Waals surface area contributed by atoms with Gasteiger partial charge in [-0.05, 0) is 38.7 Å². The number of nitrogen functional groups attached to an aromatic ring is 1. The van der Waals surface area contributed by atoms with Crippen LogP contribution in [0.25, 0.3) is 0 Å². The molecule has 2 unspecified atom stereocenters. The fourth-order valence-electron chi connectivity index (χ4n) is 2.89. The molecule has 1 aromatic heterocycles. The standard InChI is InChI=1S/C17H29N3O4/c1-16(2,3)9-10-13(24-17(4,5)6)12(21)14(23-10)20-8-7-11(18)19-15(20)22/h7-8,10,12-14,21H,9H2,1-6H3,(H2,18,19,22)/t10-,12?,13?,14-/m1/s1. The molecule has 7 nitrogen and oxygen atoms in total. The minimum absolute atomic E-state index is 0.0108. The van der Waals surface area contributed by atoms with E-state index in [1.54, 1.807) is 0 Å². The molecule has 1 aromatic rings. The maximum absolute atomic E-state index is 12.1. The molecule has 3 N–H and O–H groups in total. The predicted octanol–water partition coefficient (Wildman–Crippen LogP) is 1.70. The summed E-state index contributed by atoms with van der Waals surface area (Å²) in [4.78, 5) is 15.8. The average Bonchev–Trinajstić information content (AvgIpc) is 2.64. The average molecular weight is 339 g/mol. The summed E-state index contributed by atoms with van der Waals surface area (Å²) in [6, 6.07) is 1.51. The zero-order valence-corrected chi connectivity index (χ0v) is 15.3. The van der Waals surface area contributed by atoms with E-state index in [4.69, 9.17) is 15.2 Å². The van der Waals surface area contributed by atoms with E-state index in [1.165, 1.54) is 16.8 Å². The van der Waals surface area contributed by atoms with Crippen LogP contribution < -0.4 is 11.4 Å². The summed E-state index contributed by atoms with van der Waals surface area (Å²) < 4.78 is 13.3. The van der Waals surface area contributed by atoms with Crippen molar-refractivity contribution in [3.8, 4) is 0 Å². The number of rotatable bonds is 3. The van der Waals surface area contributed by atoms with E-state index in [9.17, 15) is 9.90 Å². The molecule has 0 spiro atoms. The first-order valence-corrected chi connectivity index (χ1v) is 8.23. The number of nitrogens with two attached hydrogens (primary N) is 1. The number of aromatic nitrogens is 2. The second-order valence-electron chi connectivity index (χ2n) is 8.56. The molecule has 0 radical (unpaired) electrons. The second-order valence-corrected chi connectivity index (χ2v) is 8.56. The number of hydrogen-bond donors (Lipinski definition) is 2. The molecule has 1 saturated heterocycles. The summed E-state index contributed by atoms with van der Waals surface area (Å²) in [7, 11) is 0. The van der Waals surface area contributed by atoms with Crippen molar-refractivity contribution >= 4 is 5.82 Å². The Bertz CT molecular complexity index is 630. The predicted molar refractivity (Wildman–Crippen MR) is 91.5 cm³/mol. The SMILES string of the molecule is CC(C)(C)C[C@H]1O[C@@H](n2ccc(N)nc2=O)C(O)C1OC(C)(C)C. The van der Waals surface area contributed by atoms with Gasteiger partial charge in [-0.2, -0.15) is 4.98 Å². The first kappa shape index (κ1) is 18.9. The van der Waals surface area contributed by atoms with Crippen molar-refractivity contribution in [1.82, 2.24) is 9.55 Å². The zero-order valence-electron chi connectivity index (χ0n) is 15.3. The quantitative estimate of drug-likeness (QED) is 0.869. The summed E-state index contributed by atoms with van der Waals surface area (Å²) >= 11 is 0. The first-order chi connectivity index (χ1) is 10.9. The van der Waals surface area contributed by atoms with Crippen molar-refractivity contribution in [3.05, 3.63) is 22.7 Å². The minimum Gasteiger partial charge on any atom is -0.386 e. The Morgan fingerprint density at radius 1 is 1.33 bits per heavy atom. The monoisotopic (exact) mass is 339 g/mol. The number of hydrogen-bond acceptors (Lipinski definition) is 6. The Balaban J connectivity index is 2.33. The molecule has 0 saturated carbocycles. The van der Waals surface area contributed by atoms with Gasteiger partial charge in [-0.15, -0.1) is 0 Å². The van der Waals surface area contributed by atoms with Gasteiger partial charge in [-0.3, -0.25) is 4.57 Å². The Hall–Kier alpha value is -1.44. The molecule has 1 fully saturated rings. The van der Waals surface area contributed by atoms with Gasteiger partial charge in [-0.25, -0.2) is 4.79 Å². The third-order valence-corrected chi connectivity index (χ3v) is 3.74. The van der Waals surface area contributed by atoms with Gasteiger partial charge >= 0.3 is 5.69 Å². The lowest BCUT2D eigenvalue weighted by Gasteiger charge is -2.32. The summed E-state index contributed by atoms with van der Waals surface area (Å²) in [6.07, 6.45) is -0.484. The van der Waals surface area contributed by atoms with Crippen LogP contribution in [0.3, 0.4) is 0 Å². The maximum atomic E-state index is 12.1. The van der Waals surface area contributed by atoms with Gasteiger partial charge in [0.25, 0.3) is 0 Å². The Labute approximate surface area is 142 Å². The lowest BCUT2D eigenvalue weighted by molar-refractivity contribution is -0.117. The molecule has 0 amide bonds. The first-order valence-electron chi connectivity index (χ1n) is 8.23. The molecule has 7 heteroatoms. The van der Waals surface area contributed by atoms with E-state index in [0.29, 0.717) is 6.42 Å². The summed E-state index contributed by atoms with van der Waals surface area (Å²) in [5, 5.41) is 10.8. The van der Waals surface area contributed by atoms with Crippen LogP contribution in [0, 0.1) is 5.41 Å². The molecule has 2 rings (SSSR count). The number of ether oxygens (including phenoxy) is 2. The highest BCUT2D eigenvalue weighted by molar-refractivity contribution is 5.23. The van der Waals surface area contributed by atoms with E-state index < -0.39 is 29.7 Å². The molecule has 136 valence electrons. The number of aliphatic hydroxyl groups excluding tert-OH is 1. The third-order valence-electron chi connectivity index (χ3n) is 3.74. The number of nitrogens with zero attached hydrogens (tertiary/aromatic N) is 2. The van der Waals surface area contributed by atoms with E-state index in [2.05, 4.69) is 25.8 Å². The highest BCUT2D eigenvalue weighted by Crippen LogP contribution is 2.38. The van der Waals surface area contributed by atoms with Crippen LogP contribution in [0.2, 0.25) is 0 Å². The lowest BCUT2D eigenvalue weighted by Crippen LogP contribution is -2.42. The van der Waals surface area contributed by atoms with Crippen LogP contribution in [0.15, 0.2) is 17.1 Å². The summed E-state index contributed by atoms with van der Waals surface area (Å²) in [5.74, 6) is 0.137. The van der Waals surface area contributed by atoms with Crippen LogP contribution in [0.4, 0.5) is 5.82 Å². The fourth-order valence-corrected chi connectivity index (χ4v) is 2.89. The molecule has 1 aliphatic rings. The Morgan fingerprint density at radius 3 is 2.46 bits per heavy atom. The minimum atomic E-state index is -0.973. The zero-order chi connectivity index (χ0) is 18.3. The molecule has 2 heterocycles. The second kappa shape index (κ2) is 6.46. The molecular weight excluding hydrogens is 310 g/mol. The molecule has 1 aliphatic heterocycles. The van der Waals surface area contributed by atoms with Gasteiger partial charge in [0.05, 0.1) is 11.7 Å². The smallest absolute Gasteiger partial charge is 0.351 e. The number of anilines is 1. The molecular formula is C17H29N3O4. The van der Waals surface area contributed by atoms with Gasteiger partial charge < -0.3 is 20.3 Å². The van der Waals surface area contributed by atoms with E-state index in [1.807, 2.05) is 20.8 Å². The molecule has 0 aliphatic carbocycles. The van der Waals surface area contributed by atoms with Crippen molar-refractivity contribution in [1.29, 1.82) is 0 Å². The summed E-state index contributed by atoms with van der Waals surface area (Å²) in [6.45, 7) is 12.1. The normalized spacial score (nSPS) is 28.3. The molecule has 0 aromatic carbocycles. The van der Waals surface area contributed by atoms with Crippen molar-refractivity contribution in [2.24, 2.45) is 5.41 Å². The third kappa shape index (κ3) is 4.55. The topological polar surface area (TPSA) is 99.6 Å². The highest BCUT2D eigenvalue weighted by Gasteiger charge is 2.48. The maximum Gasteiger partial charge on any atom is 0.351 e. The van der Waals surface area contributed by atoms with Crippen LogP contribution in [-0.2, 0) is 9.47 Å².